The van der Waals surface area contributed by atoms with Crippen molar-refractivity contribution < 1.29 is 9.53 Å². The summed E-state index contributed by atoms with van der Waals surface area (Å²) in [7, 11) is 0. The van der Waals surface area contributed by atoms with Crippen LogP contribution in [0.15, 0.2) is 0 Å². The van der Waals surface area contributed by atoms with Crippen molar-refractivity contribution in [1.29, 1.82) is 0 Å². The lowest BCUT2D eigenvalue weighted by Gasteiger charge is -2.46. The Bertz CT molecular complexity index is 429. The summed E-state index contributed by atoms with van der Waals surface area (Å²) in [6.07, 6.45) is 16.8. The van der Waals surface area contributed by atoms with Crippen LogP contribution in [0, 0.1) is 16.7 Å². The number of esters is 1. The Hall–Kier alpha value is -0.530. The van der Waals surface area contributed by atoms with Gasteiger partial charge in [0.05, 0.1) is 5.92 Å². The third-order valence-electron chi connectivity index (χ3n) is 7.61. The Balaban J connectivity index is 1.86. The van der Waals surface area contributed by atoms with Gasteiger partial charge in [0.25, 0.3) is 0 Å². The summed E-state index contributed by atoms with van der Waals surface area (Å²) in [6, 6.07) is 0. The van der Waals surface area contributed by atoms with Crippen molar-refractivity contribution in [3.63, 3.8) is 0 Å². The SMILES string of the molecule is CCC(C)C(=O)OC1(C)CC2(CCCCC2)CC12CCCCC2. The normalized spacial score (nSPS) is 33.7. The zero-order valence-corrected chi connectivity index (χ0v) is 15.6. The first kappa shape index (κ1) is 17.3. The van der Waals surface area contributed by atoms with Crippen LogP contribution in [0.2, 0.25) is 0 Å². The van der Waals surface area contributed by atoms with Gasteiger partial charge in [0.1, 0.15) is 5.60 Å². The van der Waals surface area contributed by atoms with Gasteiger partial charge in [-0.25, -0.2) is 0 Å². The van der Waals surface area contributed by atoms with Crippen molar-refractivity contribution in [2.45, 2.75) is 110 Å². The van der Waals surface area contributed by atoms with Crippen LogP contribution in [0.5, 0.6) is 0 Å². The van der Waals surface area contributed by atoms with Crippen molar-refractivity contribution in [1.82, 2.24) is 0 Å². The topological polar surface area (TPSA) is 26.3 Å². The molecule has 0 aromatic heterocycles. The maximum Gasteiger partial charge on any atom is 0.309 e. The van der Waals surface area contributed by atoms with Crippen molar-refractivity contribution >= 4 is 5.97 Å². The molecular weight excluding hydrogens is 284 g/mol. The first-order chi connectivity index (χ1) is 10.9. The predicted octanol–water partition coefficient (Wildman–Crippen LogP) is 6.03. The van der Waals surface area contributed by atoms with E-state index in [4.69, 9.17) is 4.74 Å². The molecule has 0 heterocycles. The second-order valence-corrected chi connectivity index (χ2v) is 9.22. The number of carbonyl (C=O) groups excluding carboxylic acids is 1. The summed E-state index contributed by atoms with van der Waals surface area (Å²) in [5.74, 6) is 0.0863. The Kier molecular flexibility index (Phi) is 4.82. The highest BCUT2D eigenvalue weighted by Gasteiger charge is 2.62. The van der Waals surface area contributed by atoms with E-state index < -0.39 is 0 Å². The van der Waals surface area contributed by atoms with E-state index in [1.54, 1.807) is 0 Å². The average Bonchev–Trinajstić information content (AvgIpc) is 2.75. The molecule has 0 aliphatic heterocycles. The van der Waals surface area contributed by atoms with Crippen molar-refractivity contribution in [3.8, 4) is 0 Å². The van der Waals surface area contributed by atoms with Crippen LogP contribution in [-0.4, -0.2) is 11.6 Å². The average molecular weight is 321 g/mol. The molecule has 0 radical (unpaired) electrons. The zero-order valence-electron chi connectivity index (χ0n) is 15.6. The summed E-state index contributed by atoms with van der Waals surface area (Å²) in [4.78, 5) is 12.6. The van der Waals surface area contributed by atoms with Gasteiger partial charge in [-0.3, -0.25) is 4.79 Å². The van der Waals surface area contributed by atoms with Gasteiger partial charge < -0.3 is 4.74 Å². The second-order valence-electron chi connectivity index (χ2n) is 9.22. The van der Waals surface area contributed by atoms with E-state index >= 15 is 0 Å². The molecule has 0 aromatic rings. The lowest BCUT2D eigenvalue weighted by Crippen LogP contribution is -2.47. The number of carbonyl (C=O) groups is 1. The van der Waals surface area contributed by atoms with E-state index in [1.165, 1.54) is 70.6 Å². The standard InChI is InChI=1S/C21H36O2/c1-4-17(2)18(22)23-19(3)15-20(11-7-5-8-12-20)16-21(19)13-9-6-10-14-21/h17H,4-16H2,1-3H3. The van der Waals surface area contributed by atoms with Crippen LogP contribution >= 0.6 is 0 Å². The summed E-state index contributed by atoms with van der Waals surface area (Å²) in [5, 5.41) is 0. The van der Waals surface area contributed by atoms with E-state index in [0.717, 1.165) is 12.8 Å². The van der Waals surface area contributed by atoms with Gasteiger partial charge in [-0.05, 0) is 57.3 Å². The molecule has 2 nitrogen and oxygen atoms in total. The molecule has 3 rings (SSSR count). The molecule has 3 aliphatic rings. The number of hydrogen-bond acceptors (Lipinski definition) is 2. The molecular formula is C21H36O2. The minimum Gasteiger partial charge on any atom is -0.459 e. The molecule has 2 spiro atoms. The van der Waals surface area contributed by atoms with Crippen LogP contribution in [0.1, 0.15) is 104 Å². The highest BCUT2D eigenvalue weighted by atomic mass is 16.6. The van der Waals surface area contributed by atoms with Crippen LogP contribution < -0.4 is 0 Å². The zero-order chi connectivity index (χ0) is 16.6. The van der Waals surface area contributed by atoms with E-state index in [9.17, 15) is 4.79 Å². The van der Waals surface area contributed by atoms with Gasteiger partial charge in [-0.15, -0.1) is 0 Å². The maximum absolute atomic E-state index is 12.6. The molecule has 23 heavy (non-hydrogen) atoms. The van der Waals surface area contributed by atoms with Crippen LogP contribution in [0.4, 0.5) is 0 Å². The van der Waals surface area contributed by atoms with Crippen molar-refractivity contribution in [3.05, 3.63) is 0 Å². The Labute approximate surface area is 142 Å². The van der Waals surface area contributed by atoms with Gasteiger partial charge >= 0.3 is 5.97 Å². The fraction of sp³-hybridized carbons (Fsp3) is 0.952. The lowest BCUT2D eigenvalue weighted by molar-refractivity contribution is -0.178. The van der Waals surface area contributed by atoms with E-state index in [1.807, 2.05) is 6.92 Å². The number of hydrogen-bond donors (Lipinski definition) is 0. The quantitative estimate of drug-likeness (QED) is 0.593. The predicted molar refractivity (Wildman–Crippen MR) is 94.2 cm³/mol. The van der Waals surface area contributed by atoms with Crippen molar-refractivity contribution in [2.24, 2.45) is 16.7 Å². The van der Waals surface area contributed by atoms with Crippen LogP contribution in [-0.2, 0) is 9.53 Å². The van der Waals surface area contributed by atoms with E-state index in [2.05, 4.69) is 13.8 Å². The molecule has 0 amide bonds. The van der Waals surface area contributed by atoms with Gasteiger partial charge in [0, 0.05) is 5.41 Å². The molecule has 0 aromatic carbocycles. The Morgan fingerprint density at radius 1 is 0.957 bits per heavy atom. The summed E-state index contributed by atoms with van der Waals surface area (Å²) < 4.78 is 6.33. The molecule has 0 N–H and O–H groups in total. The third kappa shape index (κ3) is 3.07. The van der Waals surface area contributed by atoms with Gasteiger partial charge in [0.2, 0.25) is 0 Å². The molecule has 2 atom stereocenters. The number of rotatable bonds is 3. The molecule has 2 heteroatoms. The maximum atomic E-state index is 12.6. The first-order valence-corrected chi connectivity index (χ1v) is 10.2. The van der Waals surface area contributed by atoms with Gasteiger partial charge in [-0.1, -0.05) is 52.4 Å². The summed E-state index contributed by atoms with van der Waals surface area (Å²) >= 11 is 0. The van der Waals surface area contributed by atoms with Crippen LogP contribution in [0.3, 0.4) is 0 Å². The van der Waals surface area contributed by atoms with Crippen LogP contribution in [0.25, 0.3) is 0 Å². The lowest BCUT2D eigenvalue weighted by atomic mass is 9.64. The summed E-state index contributed by atoms with van der Waals surface area (Å²) in [6.45, 7) is 6.40. The minimum absolute atomic E-state index is 0.0374. The molecule has 3 aliphatic carbocycles. The molecule has 2 unspecified atom stereocenters. The highest BCUT2D eigenvalue weighted by molar-refractivity contribution is 5.72. The molecule has 3 saturated carbocycles. The molecule has 0 bridgehead atoms. The smallest absolute Gasteiger partial charge is 0.309 e. The van der Waals surface area contributed by atoms with Gasteiger partial charge in [0.15, 0.2) is 0 Å². The van der Waals surface area contributed by atoms with E-state index in [0.29, 0.717) is 5.41 Å². The Morgan fingerprint density at radius 2 is 1.52 bits per heavy atom. The second kappa shape index (κ2) is 6.41. The van der Waals surface area contributed by atoms with E-state index in [-0.39, 0.29) is 22.9 Å². The monoisotopic (exact) mass is 320 g/mol. The molecule has 0 saturated heterocycles. The third-order valence-corrected chi connectivity index (χ3v) is 7.61. The fourth-order valence-corrected chi connectivity index (χ4v) is 6.09. The largest absolute Gasteiger partial charge is 0.459 e. The molecule has 3 fully saturated rings. The summed E-state index contributed by atoms with van der Waals surface area (Å²) in [5.41, 5.74) is 0.525. The minimum atomic E-state index is -0.217. The Morgan fingerprint density at radius 3 is 2.09 bits per heavy atom. The first-order valence-electron chi connectivity index (χ1n) is 10.2. The van der Waals surface area contributed by atoms with Crippen molar-refractivity contribution in [2.75, 3.05) is 0 Å². The fourth-order valence-electron chi connectivity index (χ4n) is 6.09. The highest BCUT2D eigenvalue weighted by Crippen LogP contribution is 2.66. The number of ether oxygens (including phenoxy) is 1. The molecule has 132 valence electrons. The van der Waals surface area contributed by atoms with Gasteiger partial charge in [-0.2, -0.15) is 0 Å².